The van der Waals surface area contributed by atoms with Crippen LogP contribution < -0.4 is 15.8 Å². The highest BCUT2D eigenvalue weighted by Crippen LogP contribution is 2.25. The molecule has 0 unspecified atom stereocenters. The number of terminal acetylenes is 1. The fraction of sp³-hybridized carbons (Fsp3) is 0.438. The van der Waals surface area contributed by atoms with Gasteiger partial charge in [-0.1, -0.05) is 6.42 Å². The van der Waals surface area contributed by atoms with Crippen LogP contribution in [0.25, 0.3) is 0 Å². The third kappa shape index (κ3) is 3.24. The van der Waals surface area contributed by atoms with Gasteiger partial charge in [0.2, 0.25) is 0 Å². The summed E-state index contributed by atoms with van der Waals surface area (Å²) < 4.78 is 5.13. The van der Waals surface area contributed by atoms with Crippen LogP contribution in [0.3, 0.4) is 0 Å². The normalized spacial score (nSPS) is 21.8. The highest BCUT2D eigenvalue weighted by Gasteiger charge is 2.22. The molecule has 0 bridgehead atoms. The minimum Gasteiger partial charge on any atom is -0.495 e. The molecule has 1 saturated carbocycles. The van der Waals surface area contributed by atoms with Crippen molar-refractivity contribution in [3.8, 4) is 18.1 Å². The molecule has 3 N–H and O–H groups in total. The molecule has 0 saturated heterocycles. The standard InChI is InChI=1S/C16H20N2O2/c1-3-11-5-4-6-13(9-11)18-16(19)12-7-8-14(17)15(10-12)20-2/h1,7-8,10-11,13H,4-6,9,17H2,2H3,(H,18,19)/t11-,13-/m1/s1. The molecule has 2 atom stereocenters. The van der Waals surface area contributed by atoms with Gasteiger partial charge in [-0.15, -0.1) is 12.3 Å². The van der Waals surface area contributed by atoms with E-state index in [-0.39, 0.29) is 17.9 Å². The molecule has 1 aliphatic carbocycles. The van der Waals surface area contributed by atoms with E-state index in [0.717, 1.165) is 25.7 Å². The van der Waals surface area contributed by atoms with Crippen molar-refractivity contribution in [2.24, 2.45) is 5.92 Å². The molecular formula is C16H20N2O2. The molecule has 1 amide bonds. The Morgan fingerprint density at radius 3 is 3.00 bits per heavy atom. The van der Waals surface area contributed by atoms with Crippen LogP contribution in [0.1, 0.15) is 36.0 Å². The third-order valence-corrected chi connectivity index (χ3v) is 3.74. The Hall–Kier alpha value is -2.15. The summed E-state index contributed by atoms with van der Waals surface area (Å²) in [7, 11) is 1.53. The Kier molecular flexibility index (Phi) is 4.52. The maximum atomic E-state index is 12.2. The van der Waals surface area contributed by atoms with Gasteiger partial charge in [0.1, 0.15) is 5.75 Å². The number of carbonyl (C=O) groups excluding carboxylic acids is 1. The van der Waals surface area contributed by atoms with E-state index in [4.69, 9.17) is 16.9 Å². The average molecular weight is 272 g/mol. The topological polar surface area (TPSA) is 64.4 Å². The van der Waals surface area contributed by atoms with Gasteiger partial charge in [-0.05, 0) is 37.5 Å². The van der Waals surface area contributed by atoms with Crippen LogP contribution in [0.2, 0.25) is 0 Å². The average Bonchev–Trinajstić information content (AvgIpc) is 2.47. The van der Waals surface area contributed by atoms with Crippen molar-refractivity contribution in [3.63, 3.8) is 0 Å². The van der Waals surface area contributed by atoms with Gasteiger partial charge in [-0.3, -0.25) is 4.79 Å². The first-order valence-corrected chi connectivity index (χ1v) is 6.84. The smallest absolute Gasteiger partial charge is 0.251 e. The summed E-state index contributed by atoms with van der Waals surface area (Å²) in [5.74, 6) is 3.47. The second-order valence-electron chi connectivity index (χ2n) is 5.16. The molecule has 0 radical (unpaired) electrons. The van der Waals surface area contributed by atoms with E-state index in [1.807, 2.05) is 0 Å². The molecule has 1 aromatic rings. The number of ether oxygens (including phenoxy) is 1. The van der Waals surface area contributed by atoms with E-state index in [1.54, 1.807) is 18.2 Å². The lowest BCUT2D eigenvalue weighted by atomic mass is 9.86. The van der Waals surface area contributed by atoms with Gasteiger partial charge in [-0.2, -0.15) is 0 Å². The van der Waals surface area contributed by atoms with Gasteiger partial charge >= 0.3 is 0 Å². The number of amides is 1. The molecule has 0 spiro atoms. The summed E-state index contributed by atoms with van der Waals surface area (Å²) in [6.07, 6.45) is 9.42. The highest BCUT2D eigenvalue weighted by molar-refractivity contribution is 5.95. The predicted molar refractivity (Wildman–Crippen MR) is 79.5 cm³/mol. The fourth-order valence-corrected chi connectivity index (χ4v) is 2.59. The van der Waals surface area contributed by atoms with Crippen LogP contribution in [-0.4, -0.2) is 19.1 Å². The van der Waals surface area contributed by atoms with E-state index in [1.165, 1.54) is 7.11 Å². The Balaban J connectivity index is 2.03. The van der Waals surface area contributed by atoms with Gasteiger partial charge < -0.3 is 15.8 Å². The molecule has 106 valence electrons. The van der Waals surface area contributed by atoms with Gasteiger partial charge in [0.25, 0.3) is 5.91 Å². The molecule has 4 heteroatoms. The molecule has 2 rings (SSSR count). The number of nitrogens with one attached hydrogen (secondary N) is 1. The molecule has 0 aromatic heterocycles. The Labute approximate surface area is 119 Å². The van der Waals surface area contributed by atoms with Crippen molar-refractivity contribution in [2.45, 2.75) is 31.7 Å². The molecule has 0 heterocycles. The number of rotatable bonds is 3. The Morgan fingerprint density at radius 2 is 2.30 bits per heavy atom. The monoisotopic (exact) mass is 272 g/mol. The zero-order chi connectivity index (χ0) is 14.5. The summed E-state index contributed by atoms with van der Waals surface area (Å²) in [4.78, 5) is 12.2. The van der Waals surface area contributed by atoms with E-state index in [2.05, 4.69) is 11.2 Å². The van der Waals surface area contributed by atoms with Crippen molar-refractivity contribution >= 4 is 11.6 Å². The number of benzene rings is 1. The number of hydrogen-bond donors (Lipinski definition) is 2. The molecule has 20 heavy (non-hydrogen) atoms. The zero-order valence-corrected chi connectivity index (χ0v) is 11.7. The Morgan fingerprint density at radius 1 is 1.50 bits per heavy atom. The second kappa shape index (κ2) is 6.33. The van der Waals surface area contributed by atoms with E-state index >= 15 is 0 Å². The van der Waals surface area contributed by atoms with Crippen molar-refractivity contribution < 1.29 is 9.53 Å². The highest BCUT2D eigenvalue weighted by atomic mass is 16.5. The van der Waals surface area contributed by atoms with E-state index in [0.29, 0.717) is 17.0 Å². The number of nitrogens with two attached hydrogens (primary N) is 1. The van der Waals surface area contributed by atoms with Gasteiger partial charge in [0.15, 0.2) is 0 Å². The quantitative estimate of drug-likeness (QED) is 0.655. The predicted octanol–water partition coefficient (Wildman–Crippen LogP) is 2.20. The van der Waals surface area contributed by atoms with Crippen molar-refractivity contribution in [2.75, 3.05) is 12.8 Å². The lowest BCUT2D eigenvalue weighted by molar-refractivity contribution is 0.0923. The van der Waals surface area contributed by atoms with Gasteiger partial charge in [0.05, 0.1) is 12.8 Å². The minimum atomic E-state index is -0.106. The summed E-state index contributed by atoms with van der Waals surface area (Å²) in [6.45, 7) is 0. The SMILES string of the molecule is C#C[C@@H]1CCC[C@@H](NC(=O)c2ccc(N)c(OC)c2)C1. The molecule has 0 aliphatic heterocycles. The molecular weight excluding hydrogens is 252 g/mol. The molecule has 1 fully saturated rings. The summed E-state index contributed by atoms with van der Waals surface area (Å²) in [5, 5.41) is 3.04. The van der Waals surface area contributed by atoms with E-state index in [9.17, 15) is 4.79 Å². The Bertz CT molecular complexity index is 534. The van der Waals surface area contributed by atoms with Crippen molar-refractivity contribution in [1.82, 2.24) is 5.32 Å². The first kappa shape index (κ1) is 14.3. The van der Waals surface area contributed by atoms with Crippen LogP contribution in [0.15, 0.2) is 18.2 Å². The number of hydrogen-bond acceptors (Lipinski definition) is 3. The van der Waals surface area contributed by atoms with Crippen LogP contribution in [0.4, 0.5) is 5.69 Å². The minimum absolute atomic E-state index is 0.106. The number of nitrogen functional groups attached to an aromatic ring is 1. The number of anilines is 1. The number of methoxy groups -OCH3 is 1. The number of carbonyl (C=O) groups is 1. The summed E-state index contributed by atoms with van der Waals surface area (Å²) >= 11 is 0. The lowest BCUT2D eigenvalue weighted by Crippen LogP contribution is -2.38. The summed E-state index contributed by atoms with van der Waals surface area (Å²) in [5.41, 5.74) is 6.82. The van der Waals surface area contributed by atoms with Crippen LogP contribution in [0.5, 0.6) is 5.75 Å². The fourth-order valence-electron chi connectivity index (χ4n) is 2.59. The third-order valence-electron chi connectivity index (χ3n) is 3.74. The van der Waals surface area contributed by atoms with Crippen molar-refractivity contribution in [3.05, 3.63) is 23.8 Å². The van der Waals surface area contributed by atoms with Crippen molar-refractivity contribution in [1.29, 1.82) is 0 Å². The van der Waals surface area contributed by atoms with Crippen LogP contribution >= 0.6 is 0 Å². The first-order chi connectivity index (χ1) is 9.63. The molecule has 1 aliphatic rings. The maximum Gasteiger partial charge on any atom is 0.251 e. The van der Waals surface area contributed by atoms with Gasteiger partial charge in [-0.25, -0.2) is 0 Å². The first-order valence-electron chi connectivity index (χ1n) is 6.84. The zero-order valence-electron chi connectivity index (χ0n) is 11.7. The van der Waals surface area contributed by atoms with Gasteiger partial charge in [0, 0.05) is 17.5 Å². The lowest BCUT2D eigenvalue weighted by Gasteiger charge is -2.27. The second-order valence-corrected chi connectivity index (χ2v) is 5.16. The summed E-state index contributed by atoms with van der Waals surface area (Å²) in [6, 6.07) is 5.19. The largest absolute Gasteiger partial charge is 0.495 e. The molecule has 1 aromatic carbocycles. The van der Waals surface area contributed by atoms with Crippen LogP contribution in [0, 0.1) is 18.3 Å². The molecule has 4 nitrogen and oxygen atoms in total. The van der Waals surface area contributed by atoms with Crippen LogP contribution in [-0.2, 0) is 0 Å². The maximum absolute atomic E-state index is 12.2. The van der Waals surface area contributed by atoms with E-state index < -0.39 is 0 Å².